The molecule has 0 saturated heterocycles. The molecule has 0 atom stereocenters. The molecular formula is C19H20N4O3. The Morgan fingerprint density at radius 3 is 2.54 bits per heavy atom. The van der Waals surface area contributed by atoms with Crippen LogP contribution in [0.2, 0.25) is 0 Å². The molecule has 0 unspecified atom stereocenters. The van der Waals surface area contributed by atoms with Gasteiger partial charge in [0, 0.05) is 22.7 Å². The Kier molecular flexibility index (Phi) is 4.99. The molecule has 0 radical (unpaired) electrons. The van der Waals surface area contributed by atoms with E-state index in [0.717, 1.165) is 24.0 Å². The number of carbonyl (C=O) groups is 2. The number of nitrogens with two attached hydrogens (primary N) is 2. The van der Waals surface area contributed by atoms with Gasteiger partial charge in [-0.3, -0.25) is 14.4 Å². The molecule has 2 aromatic carbocycles. The lowest BCUT2D eigenvalue weighted by Crippen LogP contribution is -2.21. The summed E-state index contributed by atoms with van der Waals surface area (Å²) in [7, 11) is 1.38. The van der Waals surface area contributed by atoms with E-state index in [1.165, 1.54) is 7.11 Å². The number of nitrogen functional groups attached to an aromatic ring is 1. The molecule has 0 bridgehead atoms. The van der Waals surface area contributed by atoms with Crippen molar-refractivity contribution in [3.63, 3.8) is 0 Å². The average molecular weight is 352 g/mol. The molecule has 1 aliphatic carbocycles. The molecule has 0 aromatic heterocycles. The van der Waals surface area contributed by atoms with Gasteiger partial charge in [0.05, 0.1) is 7.11 Å². The number of benzene rings is 2. The van der Waals surface area contributed by atoms with Gasteiger partial charge in [0.1, 0.15) is 5.84 Å². The third-order valence-corrected chi connectivity index (χ3v) is 4.14. The predicted octanol–water partition coefficient (Wildman–Crippen LogP) is 1.87. The standard InChI is InChI=1S/C19H20N4O3/c1-26-23-19(25)14-4-2-3-12(9-14)13-7-8-15(16(20)10-13)17(21)22-18(24)11-5-6-11/h2-4,7-11H,5-6,20H2,1H3,(H,23,25)(H2,21,22,24). The highest BCUT2D eigenvalue weighted by Crippen LogP contribution is 2.30. The van der Waals surface area contributed by atoms with Gasteiger partial charge in [-0.05, 0) is 48.2 Å². The summed E-state index contributed by atoms with van der Waals surface area (Å²) in [5.41, 5.74) is 17.3. The van der Waals surface area contributed by atoms with Crippen molar-refractivity contribution in [3.8, 4) is 11.1 Å². The lowest BCUT2D eigenvalue weighted by atomic mass is 10.00. The third kappa shape index (κ3) is 3.89. The molecule has 0 spiro atoms. The van der Waals surface area contributed by atoms with Crippen LogP contribution in [-0.4, -0.2) is 24.8 Å². The minimum absolute atomic E-state index is 0.00929. The zero-order valence-corrected chi connectivity index (χ0v) is 14.4. The molecule has 2 amide bonds. The fourth-order valence-electron chi connectivity index (χ4n) is 2.57. The summed E-state index contributed by atoms with van der Waals surface area (Å²) in [5, 5.41) is 0. The molecule has 7 nitrogen and oxygen atoms in total. The lowest BCUT2D eigenvalue weighted by molar-refractivity contribution is -0.118. The highest BCUT2D eigenvalue weighted by Gasteiger charge is 2.29. The Hall–Kier alpha value is -3.19. The number of hydroxylamine groups is 1. The molecule has 1 fully saturated rings. The second-order valence-electron chi connectivity index (χ2n) is 6.13. The van der Waals surface area contributed by atoms with E-state index in [1.807, 2.05) is 12.1 Å². The fraction of sp³-hybridized carbons (Fsp3) is 0.211. The van der Waals surface area contributed by atoms with Gasteiger partial charge in [0.15, 0.2) is 0 Å². The number of carbonyl (C=O) groups excluding carboxylic acids is 2. The first-order valence-corrected chi connectivity index (χ1v) is 8.21. The topological polar surface area (TPSA) is 120 Å². The van der Waals surface area contributed by atoms with E-state index in [2.05, 4.69) is 15.3 Å². The number of hydrogen-bond donors (Lipinski definition) is 3. The Morgan fingerprint density at radius 2 is 1.88 bits per heavy atom. The first-order valence-electron chi connectivity index (χ1n) is 8.21. The van der Waals surface area contributed by atoms with E-state index in [1.54, 1.807) is 30.3 Å². The quantitative estimate of drug-likeness (QED) is 0.328. The van der Waals surface area contributed by atoms with Crippen molar-refractivity contribution in [3.05, 3.63) is 53.6 Å². The SMILES string of the molecule is CONC(=O)c1cccc(-c2ccc(C(N)=NC(=O)C3CC3)c(N)c2)c1. The van der Waals surface area contributed by atoms with Crippen LogP contribution in [0.15, 0.2) is 47.5 Å². The molecular weight excluding hydrogens is 332 g/mol. The van der Waals surface area contributed by atoms with Crippen LogP contribution in [0.5, 0.6) is 0 Å². The van der Waals surface area contributed by atoms with E-state index in [-0.39, 0.29) is 23.6 Å². The fourth-order valence-corrected chi connectivity index (χ4v) is 2.57. The third-order valence-electron chi connectivity index (χ3n) is 4.14. The van der Waals surface area contributed by atoms with Gasteiger partial charge in [-0.1, -0.05) is 18.2 Å². The van der Waals surface area contributed by atoms with Crippen molar-refractivity contribution in [2.45, 2.75) is 12.8 Å². The Morgan fingerprint density at radius 1 is 1.15 bits per heavy atom. The van der Waals surface area contributed by atoms with Crippen LogP contribution >= 0.6 is 0 Å². The average Bonchev–Trinajstić information content (AvgIpc) is 3.47. The Balaban J connectivity index is 1.86. The summed E-state index contributed by atoms with van der Waals surface area (Å²) in [6.45, 7) is 0. The van der Waals surface area contributed by atoms with E-state index in [9.17, 15) is 9.59 Å². The van der Waals surface area contributed by atoms with Crippen LogP contribution in [0.1, 0.15) is 28.8 Å². The molecule has 5 N–H and O–H groups in total. The highest BCUT2D eigenvalue weighted by atomic mass is 16.6. The predicted molar refractivity (Wildman–Crippen MR) is 99.2 cm³/mol. The molecule has 0 aliphatic heterocycles. The van der Waals surface area contributed by atoms with Crippen molar-refractivity contribution < 1.29 is 14.4 Å². The van der Waals surface area contributed by atoms with Gasteiger partial charge in [0.2, 0.25) is 0 Å². The number of amidine groups is 1. The molecule has 0 heterocycles. The monoisotopic (exact) mass is 352 g/mol. The Bertz CT molecular complexity index is 888. The van der Waals surface area contributed by atoms with Crippen molar-refractivity contribution in [1.82, 2.24) is 5.48 Å². The number of nitrogens with one attached hydrogen (secondary N) is 1. The van der Waals surface area contributed by atoms with Crippen molar-refractivity contribution >= 4 is 23.3 Å². The zero-order valence-electron chi connectivity index (χ0n) is 14.4. The molecule has 2 aromatic rings. The van der Waals surface area contributed by atoms with Gasteiger partial charge in [-0.25, -0.2) is 5.48 Å². The maximum Gasteiger partial charge on any atom is 0.274 e. The summed E-state index contributed by atoms with van der Waals surface area (Å²) >= 11 is 0. The van der Waals surface area contributed by atoms with Gasteiger partial charge >= 0.3 is 0 Å². The largest absolute Gasteiger partial charge is 0.398 e. The normalized spacial score (nSPS) is 14.1. The molecule has 1 saturated carbocycles. The summed E-state index contributed by atoms with van der Waals surface area (Å²) in [4.78, 5) is 32.2. The number of nitrogens with zero attached hydrogens (tertiary/aromatic N) is 1. The number of hydrogen-bond acceptors (Lipinski definition) is 4. The van der Waals surface area contributed by atoms with Gasteiger partial charge in [-0.2, -0.15) is 4.99 Å². The number of anilines is 1. The number of rotatable bonds is 5. The summed E-state index contributed by atoms with van der Waals surface area (Å²) < 4.78 is 0. The zero-order chi connectivity index (χ0) is 18.7. The molecule has 7 heteroatoms. The van der Waals surface area contributed by atoms with E-state index >= 15 is 0 Å². The lowest BCUT2D eigenvalue weighted by Gasteiger charge is -2.09. The highest BCUT2D eigenvalue weighted by molar-refractivity contribution is 6.08. The summed E-state index contributed by atoms with van der Waals surface area (Å²) in [6.07, 6.45) is 1.74. The van der Waals surface area contributed by atoms with Crippen LogP contribution in [0.3, 0.4) is 0 Å². The summed E-state index contributed by atoms with van der Waals surface area (Å²) in [6, 6.07) is 12.3. The van der Waals surface area contributed by atoms with Crippen LogP contribution < -0.4 is 16.9 Å². The van der Waals surface area contributed by atoms with Gasteiger partial charge < -0.3 is 11.5 Å². The molecule has 134 valence electrons. The molecule has 26 heavy (non-hydrogen) atoms. The van der Waals surface area contributed by atoms with Crippen molar-refractivity contribution in [1.29, 1.82) is 0 Å². The van der Waals surface area contributed by atoms with E-state index in [0.29, 0.717) is 16.8 Å². The number of aliphatic imine (C=N–C) groups is 1. The minimum atomic E-state index is -0.339. The van der Waals surface area contributed by atoms with Crippen molar-refractivity contribution in [2.24, 2.45) is 16.6 Å². The van der Waals surface area contributed by atoms with Crippen molar-refractivity contribution in [2.75, 3.05) is 12.8 Å². The maximum atomic E-state index is 11.9. The van der Waals surface area contributed by atoms with Crippen LogP contribution in [0.25, 0.3) is 11.1 Å². The van der Waals surface area contributed by atoms with Crippen LogP contribution in [0.4, 0.5) is 5.69 Å². The van der Waals surface area contributed by atoms with E-state index < -0.39 is 0 Å². The number of amides is 2. The Labute approximate surface area is 151 Å². The van der Waals surface area contributed by atoms with E-state index in [4.69, 9.17) is 11.5 Å². The first-order chi connectivity index (χ1) is 12.5. The smallest absolute Gasteiger partial charge is 0.274 e. The van der Waals surface area contributed by atoms with Gasteiger partial charge in [0.25, 0.3) is 11.8 Å². The van der Waals surface area contributed by atoms with Gasteiger partial charge in [-0.15, -0.1) is 0 Å². The van der Waals surface area contributed by atoms with Crippen LogP contribution in [0, 0.1) is 5.92 Å². The molecule has 3 rings (SSSR count). The maximum absolute atomic E-state index is 11.9. The molecule has 1 aliphatic rings. The first kappa shape index (κ1) is 17.6. The second-order valence-corrected chi connectivity index (χ2v) is 6.13. The minimum Gasteiger partial charge on any atom is -0.398 e. The van der Waals surface area contributed by atoms with Crippen LogP contribution in [-0.2, 0) is 9.63 Å². The second kappa shape index (κ2) is 7.37. The summed E-state index contributed by atoms with van der Waals surface area (Å²) in [5.74, 6) is -0.397.